The molecule has 1 aromatic rings. The molecule has 0 amide bonds. The van der Waals surface area contributed by atoms with Gasteiger partial charge in [-0.15, -0.1) is 0 Å². The van der Waals surface area contributed by atoms with Crippen LogP contribution in [0.15, 0.2) is 22.7 Å². The van der Waals surface area contributed by atoms with Gasteiger partial charge >= 0.3 is 0 Å². The van der Waals surface area contributed by atoms with Crippen molar-refractivity contribution in [2.45, 2.75) is 19.5 Å². The fraction of sp³-hybridized carbons (Fsp3) is 0.455. The van der Waals surface area contributed by atoms with Crippen molar-refractivity contribution in [1.82, 2.24) is 4.90 Å². The Bertz CT molecular complexity index is 308. The minimum Gasteiger partial charge on any atom is -0.324 e. The molecule has 0 spiro atoms. The van der Waals surface area contributed by atoms with Gasteiger partial charge in [0.15, 0.2) is 0 Å². The second-order valence-electron chi connectivity index (χ2n) is 3.88. The topological polar surface area (TPSA) is 29.3 Å². The Kier molecular flexibility index (Phi) is 4.11. The molecule has 0 aliphatic carbocycles. The third-order valence-corrected chi connectivity index (χ3v) is 2.83. The molecule has 0 saturated carbocycles. The lowest BCUT2D eigenvalue weighted by atomic mass is 10.1. The molecule has 0 aliphatic rings. The lowest BCUT2D eigenvalue weighted by molar-refractivity contribution is 0.401. The second-order valence-corrected chi connectivity index (χ2v) is 4.73. The summed E-state index contributed by atoms with van der Waals surface area (Å²) in [5.41, 5.74) is 8.26. The van der Waals surface area contributed by atoms with Gasteiger partial charge < -0.3 is 10.6 Å². The number of hydrogen-bond donors (Lipinski definition) is 1. The lowest BCUT2D eigenvalue weighted by Gasteiger charge is -2.13. The molecule has 2 N–H and O–H groups in total. The Balaban J connectivity index is 2.90. The van der Waals surface area contributed by atoms with E-state index in [1.165, 1.54) is 11.1 Å². The van der Waals surface area contributed by atoms with Crippen LogP contribution in [0.2, 0.25) is 0 Å². The number of halogens is 1. The van der Waals surface area contributed by atoms with E-state index in [0.29, 0.717) is 0 Å². The highest BCUT2D eigenvalue weighted by Gasteiger charge is 2.04. The van der Waals surface area contributed by atoms with Gasteiger partial charge in [0.05, 0.1) is 0 Å². The fourth-order valence-electron chi connectivity index (χ4n) is 1.32. The molecule has 3 heteroatoms. The van der Waals surface area contributed by atoms with Crippen molar-refractivity contribution in [2.24, 2.45) is 5.73 Å². The van der Waals surface area contributed by atoms with E-state index in [1.54, 1.807) is 0 Å². The van der Waals surface area contributed by atoms with Crippen LogP contribution < -0.4 is 5.73 Å². The van der Waals surface area contributed by atoms with Crippen molar-refractivity contribution >= 4 is 15.9 Å². The van der Waals surface area contributed by atoms with E-state index < -0.39 is 0 Å². The van der Waals surface area contributed by atoms with E-state index in [4.69, 9.17) is 5.73 Å². The first-order valence-electron chi connectivity index (χ1n) is 4.69. The van der Waals surface area contributed by atoms with E-state index in [1.807, 2.05) is 6.92 Å². The molecule has 0 aliphatic heterocycles. The van der Waals surface area contributed by atoms with Gasteiger partial charge in [0.25, 0.3) is 0 Å². The number of nitrogens with two attached hydrogens (primary N) is 1. The third kappa shape index (κ3) is 3.08. The van der Waals surface area contributed by atoms with Gasteiger partial charge in [-0.25, -0.2) is 0 Å². The van der Waals surface area contributed by atoms with E-state index in [2.05, 4.69) is 53.1 Å². The van der Waals surface area contributed by atoms with Gasteiger partial charge in [0.1, 0.15) is 0 Å². The van der Waals surface area contributed by atoms with Crippen LogP contribution in [-0.2, 0) is 6.54 Å². The van der Waals surface area contributed by atoms with Crippen LogP contribution in [-0.4, -0.2) is 19.0 Å². The first-order chi connectivity index (χ1) is 6.50. The molecule has 1 rings (SSSR count). The summed E-state index contributed by atoms with van der Waals surface area (Å²) < 4.78 is 1.14. The molecule has 0 heterocycles. The molecule has 78 valence electrons. The normalized spacial score (nSPS) is 13.3. The van der Waals surface area contributed by atoms with Crippen LogP contribution >= 0.6 is 15.9 Å². The first kappa shape index (κ1) is 11.7. The highest BCUT2D eigenvalue weighted by molar-refractivity contribution is 9.10. The van der Waals surface area contributed by atoms with Crippen molar-refractivity contribution in [2.75, 3.05) is 14.1 Å². The maximum absolute atomic E-state index is 5.80. The van der Waals surface area contributed by atoms with Gasteiger partial charge in [0.2, 0.25) is 0 Å². The van der Waals surface area contributed by atoms with Crippen LogP contribution in [0.3, 0.4) is 0 Å². The molecule has 14 heavy (non-hydrogen) atoms. The molecule has 1 aromatic carbocycles. The minimum atomic E-state index is 0.0970. The van der Waals surface area contributed by atoms with Crippen LogP contribution in [0.25, 0.3) is 0 Å². The standard InChI is InChI=1S/C11H17BrN2/c1-8(13)9-4-5-10(7-14(2)3)11(12)6-9/h4-6,8H,7,13H2,1-3H3. The van der Waals surface area contributed by atoms with Crippen molar-refractivity contribution < 1.29 is 0 Å². The summed E-state index contributed by atoms with van der Waals surface area (Å²) in [6.07, 6.45) is 0. The molecule has 0 fully saturated rings. The zero-order valence-corrected chi connectivity index (χ0v) is 10.5. The molecular weight excluding hydrogens is 240 g/mol. The zero-order chi connectivity index (χ0) is 10.7. The SMILES string of the molecule is CC(N)c1ccc(CN(C)C)c(Br)c1. The maximum Gasteiger partial charge on any atom is 0.0266 e. The Hall–Kier alpha value is -0.380. The van der Waals surface area contributed by atoms with Crippen molar-refractivity contribution in [3.8, 4) is 0 Å². The zero-order valence-electron chi connectivity index (χ0n) is 8.92. The smallest absolute Gasteiger partial charge is 0.0266 e. The summed E-state index contributed by atoms with van der Waals surface area (Å²) in [5, 5.41) is 0. The fourth-order valence-corrected chi connectivity index (χ4v) is 1.84. The highest BCUT2D eigenvalue weighted by atomic mass is 79.9. The quantitative estimate of drug-likeness (QED) is 0.901. The maximum atomic E-state index is 5.80. The monoisotopic (exact) mass is 256 g/mol. The number of hydrogen-bond acceptors (Lipinski definition) is 2. The van der Waals surface area contributed by atoms with Crippen LogP contribution in [0, 0.1) is 0 Å². The number of benzene rings is 1. The molecule has 1 atom stereocenters. The molecule has 0 bridgehead atoms. The highest BCUT2D eigenvalue weighted by Crippen LogP contribution is 2.22. The summed E-state index contributed by atoms with van der Waals surface area (Å²) in [4.78, 5) is 2.14. The average Bonchev–Trinajstić information content (AvgIpc) is 2.07. The van der Waals surface area contributed by atoms with Crippen LogP contribution in [0.4, 0.5) is 0 Å². The summed E-state index contributed by atoms with van der Waals surface area (Å²) in [5.74, 6) is 0. The van der Waals surface area contributed by atoms with E-state index in [0.717, 1.165) is 11.0 Å². The van der Waals surface area contributed by atoms with Crippen molar-refractivity contribution in [3.05, 3.63) is 33.8 Å². The minimum absolute atomic E-state index is 0.0970. The van der Waals surface area contributed by atoms with E-state index in [9.17, 15) is 0 Å². The van der Waals surface area contributed by atoms with Crippen LogP contribution in [0.5, 0.6) is 0 Å². The van der Waals surface area contributed by atoms with Gasteiger partial charge in [0, 0.05) is 17.1 Å². The Morgan fingerprint density at radius 3 is 2.50 bits per heavy atom. The van der Waals surface area contributed by atoms with Crippen LogP contribution in [0.1, 0.15) is 24.1 Å². The molecule has 0 radical (unpaired) electrons. The summed E-state index contributed by atoms with van der Waals surface area (Å²) >= 11 is 3.56. The second kappa shape index (κ2) is 4.91. The van der Waals surface area contributed by atoms with Crippen molar-refractivity contribution in [3.63, 3.8) is 0 Å². The first-order valence-corrected chi connectivity index (χ1v) is 5.48. The molecule has 0 aromatic heterocycles. The lowest BCUT2D eigenvalue weighted by Crippen LogP contribution is -2.11. The predicted octanol–water partition coefficient (Wildman–Crippen LogP) is 2.53. The predicted molar refractivity (Wildman–Crippen MR) is 64.1 cm³/mol. The average molecular weight is 257 g/mol. The molecule has 0 saturated heterocycles. The molecular formula is C11H17BrN2. The Labute approximate surface area is 94.2 Å². The van der Waals surface area contributed by atoms with E-state index in [-0.39, 0.29) is 6.04 Å². The summed E-state index contributed by atoms with van der Waals surface area (Å²) in [6.45, 7) is 2.94. The van der Waals surface area contributed by atoms with Crippen molar-refractivity contribution in [1.29, 1.82) is 0 Å². The number of rotatable bonds is 3. The van der Waals surface area contributed by atoms with Gasteiger partial charge in [-0.2, -0.15) is 0 Å². The van der Waals surface area contributed by atoms with Gasteiger partial charge in [-0.3, -0.25) is 0 Å². The Morgan fingerprint density at radius 1 is 1.43 bits per heavy atom. The van der Waals surface area contributed by atoms with Gasteiger partial charge in [-0.1, -0.05) is 28.1 Å². The van der Waals surface area contributed by atoms with E-state index >= 15 is 0 Å². The Morgan fingerprint density at radius 2 is 2.07 bits per heavy atom. The summed E-state index contributed by atoms with van der Waals surface area (Å²) in [6, 6.07) is 6.42. The van der Waals surface area contributed by atoms with Gasteiger partial charge in [-0.05, 0) is 38.2 Å². The molecule has 2 nitrogen and oxygen atoms in total. The molecule has 1 unspecified atom stereocenters. The number of nitrogens with zero attached hydrogens (tertiary/aromatic N) is 1. The third-order valence-electron chi connectivity index (χ3n) is 2.09. The largest absolute Gasteiger partial charge is 0.324 e. The summed E-state index contributed by atoms with van der Waals surface area (Å²) in [7, 11) is 4.12.